The molecule has 1 unspecified atom stereocenters. The monoisotopic (exact) mass is 614 g/mol. The van der Waals surface area contributed by atoms with Crippen LogP contribution in [-0.4, -0.2) is 25.9 Å². The first-order chi connectivity index (χ1) is 17.6. The van der Waals surface area contributed by atoms with Crippen molar-refractivity contribution in [3.8, 4) is 5.69 Å². The molecular formula is C27H24FIN4O4. The molecule has 1 saturated carbocycles. The van der Waals surface area contributed by atoms with Gasteiger partial charge in [0.2, 0.25) is 5.91 Å². The van der Waals surface area contributed by atoms with Gasteiger partial charge in [0.05, 0.1) is 34.3 Å². The molecule has 1 aromatic heterocycles. The minimum atomic E-state index is -0.705. The first kappa shape index (κ1) is 25.1. The molecule has 5 rings (SSSR count). The van der Waals surface area contributed by atoms with Gasteiger partial charge in [0.15, 0.2) is 0 Å². The molecule has 190 valence electrons. The second-order valence-corrected chi connectivity index (χ2v) is 10.5. The van der Waals surface area contributed by atoms with Crippen molar-refractivity contribution in [3.63, 3.8) is 0 Å². The number of aliphatic hydroxyl groups excluding tert-OH is 1. The number of allylic oxidation sites excluding steroid dienone is 2. The number of anilines is 1. The number of benzene rings is 2. The van der Waals surface area contributed by atoms with E-state index in [0.717, 1.165) is 0 Å². The number of hydrogen-bond acceptors (Lipinski definition) is 5. The Morgan fingerprint density at radius 1 is 1.19 bits per heavy atom. The molecule has 2 N–H and O–H groups in total. The smallest absolute Gasteiger partial charge is 0.336 e. The van der Waals surface area contributed by atoms with Crippen LogP contribution in [0.1, 0.15) is 50.9 Å². The van der Waals surface area contributed by atoms with Crippen LogP contribution >= 0.6 is 22.6 Å². The summed E-state index contributed by atoms with van der Waals surface area (Å²) in [5.74, 6) is -1.60. The number of nitrogens with one attached hydrogen (secondary N) is 1. The van der Waals surface area contributed by atoms with Crippen LogP contribution in [0.3, 0.4) is 0 Å². The second-order valence-electron chi connectivity index (χ2n) is 9.30. The number of amides is 1. The summed E-state index contributed by atoms with van der Waals surface area (Å²) in [6.07, 6.45) is 1.38. The van der Waals surface area contributed by atoms with Crippen LogP contribution in [0, 0.1) is 15.3 Å². The summed E-state index contributed by atoms with van der Waals surface area (Å²) in [5, 5.41) is 13.8. The van der Waals surface area contributed by atoms with Crippen molar-refractivity contribution in [1.29, 1.82) is 0 Å². The predicted molar refractivity (Wildman–Crippen MR) is 149 cm³/mol. The molecule has 37 heavy (non-hydrogen) atoms. The van der Waals surface area contributed by atoms with E-state index in [0.29, 0.717) is 33.4 Å². The average molecular weight is 614 g/mol. The number of carbonyl (C=O) groups is 1. The molecule has 0 bridgehead atoms. The number of halogens is 2. The van der Waals surface area contributed by atoms with Gasteiger partial charge in [0.1, 0.15) is 11.6 Å². The standard InChI is InChI=1S/C27H24FIN4O4/c1-13-23(31-21-10-7-16(29)11-20(21)28)22-24(14(2)25(13)35)32(27(37)33(26(22)36)18-8-9-18)19-6-4-5-17(12-19)30-15(3)34/h4-7,10-13,18,35H,8-9H2,1-3H3,(H,30,34). The van der Waals surface area contributed by atoms with Crippen molar-refractivity contribution in [1.82, 2.24) is 9.13 Å². The van der Waals surface area contributed by atoms with E-state index >= 15 is 0 Å². The van der Waals surface area contributed by atoms with Gasteiger partial charge in [-0.1, -0.05) is 6.07 Å². The second kappa shape index (κ2) is 9.40. The van der Waals surface area contributed by atoms with Crippen molar-refractivity contribution in [2.75, 3.05) is 5.32 Å². The molecule has 1 atom stereocenters. The maximum absolute atomic E-state index is 14.8. The molecule has 1 heterocycles. The Kier molecular flexibility index (Phi) is 6.38. The lowest BCUT2D eigenvalue weighted by atomic mass is 9.85. The third-order valence-corrected chi connectivity index (χ3v) is 7.26. The van der Waals surface area contributed by atoms with Crippen molar-refractivity contribution in [3.05, 3.63) is 89.7 Å². The molecule has 8 nitrogen and oxygen atoms in total. The van der Waals surface area contributed by atoms with E-state index in [4.69, 9.17) is 0 Å². The molecule has 3 aromatic rings. The van der Waals surface area contributed by atoms with E-state index in [1.807, 2.05) is 22.6 Å². The maximum Gasteiger partial charge on any atom is 0.336 e. The number of aliphatic hydroxyl groups is 1. The molecule has 0 saturated heterocycles. The van der Waals surface area contributed by atoms with Crippen LogP contribution in [0.25, 0.3) is 11.3 Å². The molecular weight excluding hydrogens is 590 g/mol. The quantitative estimate of drug-likeness (QED) is 0.400. The molecule has 1 fully saturated rings. The Bertz CT molecular complexity index is 1650. The lowest BCUT2D eigenvalue weighted by Crippen LogP contribution is -2.46. The number of aromatic nitrogens is 2. The number of rotatable bonds is 4. The fraction of sp³-hybridized carbons (Fsp3) is 0.259. The van der Waals surface area contributed by atoms with Crippen molar-refractivity contribution < 1.29 is 14.3 Å². The summed E-state index contributed by atoms with van der Waals surface area (Å²) in [4.78, 5) is 43.8. The van der Waals surface area contributed by atoms with Gasteiger partial charge in [-0.15, -0.1) is 0 Å². The third kappa shape index (κ3) is 4.43. The fourth-order valence-electron chi connectivity index (χ4n) is 4.68. The number of nitrogens with zero attached hydrogens (tertiary/aromatic N) is 3. The van der Waals surface area contributed by atoms with Gasteiger partial charge in [-0.05, 0) is 85.7 Å². The van der Waals surface area contributed by atoms with E-state index in [9.17, 15) is 23.9 Å². The SMILES string of the molecule is CC(=O)Nc1cccc(-n2c3c(c(=O)n(C4CC4)c2=O)C(=Nc2ccc(I)cc2F)C(C)C(O)=C3C)c1. The lowest BCUT2D eigenvalue weighted by Gasteiger charge is -2.28. The van der Waals surface area contributed by atoms with Crippen molar-refractivity contribution in [2.45, 2.75) is 39.7 Å². The van der Waals surface area contributed by atoms with Crippen LogP contribution in [-0.2, 0) is 4.79 Å². The average Bonchev–Trinajstić information content (AvgIpc) is 3.67. The summed E-state index contributed by atoms with van der Waals surface area (Å²) in [7, 11) is 0. The van der Waals surface area contributed by atoms with E-state index in [1.54, 1.807) is 44.2 Å². The normalized spacial score (nSPS) is 18.2. The Hall–Kier alpha value is -3.54. The first-order valence-electron chi connectivity index (χ1n) is 11.8. The maximum atomic E-state index is 14.8. The zero-order valence-corrected chi connectivity index (χ0v) is 22.5. The van der Waals surface area contributed by atoms with Crippen LogP contribution in [0.4, 0.5) is 15.8 Å². The van der Waals surface area contributed by atoms with Gasteiger partial charge in [0.25, 0.3) is 5.56 Å². The van der Waals surface area contributed by atoms with Gasteiger partial charge >= 0.3 is 5.69 Å². The largest absolute Gasteiger partial charge is 0.511 e. The van der Waals surface area contributed by atoms with Crippen molar-refractivity contribution >= 4 is 51.2 Å². The summed E-state index contributed by atoms with van der Waals surface area (Å²) in [6, 6.07) is 11.0. The highest BCUT2D eigenvalue weighted by molar-refractivity contribution is 14.1. The molecule has 10 heteroatoms. The van der Waals surface area contributed by atoms with Crippen LogP contribution < -0.4 is 16.6 Å². The number of carbonyl (C=O) groups excluding carboxylic acids is 1. The Morgan fingerprint density at radius 3 is 2.57 bits per heavy atom. The van der Waals surface area contributed by atoms with E-state index in [-0.39, 0.29) is 40.4 Å². The lowest BCUT2D eigenvalue weighted by molar-refractivity contribution is -0.114. The number of hydrogen-bond donors (Lipinski definition) is 2. The zero-order chi connectivity index (χ0) is 26.6. The van der Waals surface area contributed by atoms with E-state index in [2.05, 4.69) is 10.3 Å². The molecule has 1 amide bonds. The predicted octanol–water partition coefficient (Wildman–Crippen LogP) is 5.10. The molecule has 2 aliphatic carbocycles. The highest BCUT2D eigenvalue weighted by atomic mass is 127. The molecule has 2 aromatic carbocycles. The van der Waals surface area contributed by atoms with Crippen LogP contribution in [0.2, 0.25) is 0 Å². The molecule has 2 aliphatic rings. The Balaban J connectivity index is 1.87. The topological polar surface area (TPSA) is 106 Å². The fourth-order valence-corrected chi connectivity index (χ4v) is 5.13. The summed E-state index contributed by atoms with van der Waals surface area (Å²) >= 11 is 2.00. The molecule has 0 aliphatic heterocycles. The molecule has 0 radical (unpaired) electrons. The summed E-state index contributed by atoms with van der Waals surface area (Å²) < 4.78 is 18.1. The van der Waals surface area contributed by atoms with E-state index < -0.39 is 23.0 Å². The van der Waals surface area contributed by atoms with Gasteiger partial charge < -0.3 is 10.4 Å². The minimum Gasteiger partial charge on any atom is -0.511 e. The van der Waals surface area contributed by atoms with Gasteiger partial charge in [0, 0.05) is 27.8 Å². The van der Waals surface area contributed by atoms with Gasteiger partial charge in [-0.3, -0.25) is 18.7 Å². The third-order valence-electron chi connectivity index (χ3n) is 6.59. The van der Waals surface area contributed by atoms with Crippen LogP contribution in [0.5, 0.6) is 0 Å². The number of aliphatic imine (C=N–C) groups is 1. The highest BCUT2D eigenvalue weighted by Crippen LogP contribution is 2.37. The highest BCUT2D eigenvalue weighted by Gasteiger charge is 2.38. The Morgan fingerprint density at radius 2 is 1.92 bits per heavy atom. The summed E-state index contributed by atoms with van der Waals surface area (Å²) in [5.41, 5.74) is 0.736. The van der Waals surface area contributed by atoms with Crippen LogP contribution in [0.15, 0.2) is 62.8 Å². The minimum absolute atomic E-state index is 0.0309. The molecule has 0 spiro atoms. The summed E-state index contributed by atoms with van der Waals surface area (Å²) in [6.45, 7) is 4.72. The number of fused-ring (bicyclic) bond motifs is 1. The van der Waals surface area contributed by atoms with Gasteiger partial charge in [-0.2, -0.15) is 0 Å². The first-order valence-corrected chi connectivity index (χ1v) is 12.9. The van der Waals surface area contributed by atoms with Gasteiger partial charge in [-0.25, -0.2) is 14.2 Å². The van der Waals surface area contributed by atoms with E-state index in [1.165, 1.54) is 28.2 Å². The zero-order valence-electron chi connectivity index (χ0n) is 20.4. The van der Waals surface area contributed by atoms with Crippen molar-refractivity contribution in [2.24, 2.45) is 10.9 Å². The Labute approximate surface area is 225 Å².